The van der Waals surface area contributed by atoms with Gasteiger partial charge in [-0.1, -0.05) is 66.4 Å². The van der Waals surface area contributed by atoms with Crippen molar-refractivity contribution in [2.24, 2.45) is 0 Å². The minimum atomic E-state index is 0.282. The van der Waals surface area contributed by atoms with Gasteiger partial charge in [0.2, 0.25) is 5.16 Å². The second-order valence-electron chi connectivity index (χ2n) is 6.53. The van der Waals surface area contributed by atoms with Gasteiger partial charge in [-0.05, 0) is 36.1 Å². The van der Waals surface area contributed by atoms with E-state index in [0.717, 1.165) is 35.2 Å². The van der Waals surface area contributed by atoms with Gasteiger partial charge >= 0.3 is 0 Å². The lowest BCUT2D eigenvalue weighted by Gasteiger charge is -2.21. The molecule has 0 unspecified atom stereocenters. The topological polar surface area (TPSA) is 54.8 Å². The molecule has 1 saturated heterocycles. The standard InChI is InChI=1S/C20H19N5S/c1-2-5-14(6-3-1)15-8-10-16(11-9-15)18-13-26-20-23-22-19(25(20)24-18)17-7-4-12-21-17/h1-3,5-6,8-11,13,17,21,24H,4,7,12H2/t17-/m1/s1. The highest BCUT2D eigenvalue weighted by Gasteiger charge is 2.26. The van der Waals surface area contributed by atoms with E-state index in [1.165, 1.54) is 17.5 Å². The summed E-state index contributed by atoms with van der Waals surface area (Å²) in [5, 5.41) is 15.2. The normalized spacial score (nSPS) is 18.9. The molecule has 0 aliphatic carbocycles. The minimum Gasteiger partial charge on any atom is -0.307 e. The summed E-state index contributed by atoms with van der Waals surface area (Å²) in [4.78, 5) is 0. The Morgan fingerprint density at radius 2 is 1.69 bits per heavy atom. The molecular formula is C20H19N5S. The Balaban J connectivity index is 1.40. The molecule has 3 aromatic rings. The van der Waals surface area contributed by atoms with Crippen molar-refractivity contribution < 1.29 is 0 Å². The van der Waals surface area contributed by atoms with Crippen molar-refractivity contribution >= 4 is 17.5 Å². The van der Waals surface area contributed by atoms with Crippen LogP contribution in [0.25, 0.3) is 16.8 Å². The van der Waals surface area contributed by atoms with Crippen LogP contribution in [0.3, 0.4) is 0 Å². The monoisotopic (exact) mass is 361 g/mol. The van der Waals surface area contributed by atoms with Gasteiger partial charge in [-0.25, -0.2) is 4.68 Å². The number of nitrogens with zero attached hydrogens (tertiary/aromatic N) is 3. The van der Waals surface area contributed by atoms with Crippen molar-refractivity contribution in [2.75, 3.05) is 12.0 Å². The zero-order valence-corrected chi connectivity index (χ0v) is 15.0. The minimum absolute atomic E-state index is 0.282. The number of hydrogen-bond donors (Lipinski definition) is 2. The molecular weight excluding hydrogens is 342 g/mol. The lowest BCUT2D eigenvalue weighted by atomic mass is 10.0. The lowest BCUT2D eigenvalue weighted by Crippen LogP contribution is -2.24. The van der Waals surface area contributed by atoms with Crippen molar-refractivity contribution in [3.8, 4) is 11.1 Å². The van der Waals surface area contributed by atoms with Crippen LogP contribution in [-0.4, -0.2) is 21.4 Å². The molecule has 2 aliphatic rings. The summed E-state index contributed by atoms with van der Waals surface area (Å²) >= 11 is 1.61. The predicted molar refractivity (Wildman–Crippen MR) is 105 cm³/mol. The van der Waals surface area contributed by atoms with Gasteiger partial charge in [-0.2, -0.15) is 0 Å². The number of aromatic nitrogens is 3. The van der Waals surface area contributed by atoms with Crippen molar-refractivity contribution in [1.29, 1.82) is 0 Å². The number of hydrogen-bond acceptors (Lipinski definition) is 5. The van der Waals surface area contributed by atoms with E-state index >= 15 is 0 Å². The molecule has 1 aromatic heterocycles. The molecule has 0 radical (unpaired) electrons. The molecule has 1 atom stereocenters. The Hall–Kier alpha value is -2.57. The second kappa shape index (κ2) is 6.63. The van der Waals surface area contributed by atoms with Gasteiger partial charge in [0.15, 0.2) is 5.82 Å². The molecule has 0 spiro atoms. The van der Waals surface area contributed by atoms with E-state index in [4.69, 9.17) is 0 Å². The van der Waals surface area contributed by atoms with Gasteiger partial charge in [-0.15, -0.1) is 10.2 Å². The van der Waals surface area contributed by atoms with Gasteiger partial charge in [0.05, 0.1) is 11.7 Å². The van der Waals surface area contributed by atoms with Crippen LogP contribution in [0, 0.1) is 0 Å². The molecule has 0 bridgehead atoms. The first-order valence-electron chi connectivity index (χ1n) is 8.87. The fourth-order valence-corrected chi connectivity index (χ4v) is 4.20. The summed E-state index contributed by atoms with van der Waals surface area (Å²) in [6.45, 7) is 1.05. The van der Waals surface area contributed by atoms with Crippen molar-refractivity contribution in [1.82, 2.24) is 20.2 Å². The Morgan fingerprint density at radius 3 is 2.46 bits per heavy atom. The Labute approximate surface area is 156 Å². The number of fused-ring (bicyclic) bond motifs is 1. The van der Waals surface area contributed by atoms with Gasteiger partial charge in [0.1, 0.15) is 0 Å². The number of thioether (sulfide) groups is 1. The van der Waals surface area contributed by atoms with Crippen LogP contribution in [0.1, 0.15) is 30.3 Å². The highest BCUT2D eigenvalue weighted by atomic mass is 32.2. The molecule has 130 valence electrons. The van der Waals surface area contributed by atoms with Crippen LogP contribution >= 0.6 is 11.8 Å². The van der Waals surface area contributed by atoms with Gasteiger partial charge in [0.25, 0.3) is 0 Å². The third kappa shape index (κ3) is 2.81. The van der Waals surface area contributed by atoms with Crippen molar-refractivity contribution in [3.63, 3.8) is 0 Å². The predicted octanol–water partition coefficient (Wildman–Crippen LogP) is 4.02. The molecule has 3 heterocycles. The fourth-order valence-electron chi connectivity index (χ4n) is 3.46. The molecule has 2 N–H and O–H groups in total. The molecule has 1 fully saturated rings. The quantitative estimate of drug-likeness (QED) is 0.738. The number of rotatable bonds is 3. The van der Waals surface area contributed by atoms with Crippen LogP contribution < -0.4 is 10.7 Å². The summed E-state index contributed by atoms with van der Waals surface area (Å²) in [6.07, 6.45) is 2.29. The molecule has 0 saturated carbocycles. The van der Waals surface area contributed by atoms with Crippen molar-refractivity contribution in [2.45, 2.75) is 24.0 Å². The molecule has 5 rings (SSSR count). The van der Waals surface area contributed by atoms with Gasteiger partial charge in [0, 0.05) is 5.41 Å². The lowest BCUT2D eigenvalue weighted by molar-refractivity contribution is 0.577. The molecule has 2 aromatic carbocycles. The average Bonchev–Trinajstić information content (AvgIpc) is 3.38. The van der Waals surface area contributed by atoms with Crippen LogP contribution in [0.15, 0.2) is 65.2 Å². The maximum atomic E-state index is 4.40. The molecule has 0 amide bonds. The smallest absolute Gasteiger partial charge is 0.214 e. The van der Waals surface area contributed by atoms with Crippen LogP contribution in [-0.2, 0) is 0 Å². The molecule has 6 heteroatoms. The first kappa shape index (κ1) is 15.7. The number of benzene rings is 2. The highest BCUT2D eigenvalue weighted by Crippen LogP contribution is 2.32. The van der Waals surface area contributed by atoms with Gasteiger partial charge < -0.3 is 5.32 Å². The summed E-state index contributed by atoms with van der Waals surface area (Å²) < 4.78 is 2.02. The SMILES string of the molecule is C1=C(c2ccc(-c3ccccc3)cc2)Nn2c(nnc2[C@H]2CCCN2)S1. The first-order valence-corrected chi connectivity index (χ1v) is 9.75. The Kier molecular flexibility index (Phi) is 3.99. The highest BCUT2D eigenvalue weighted by molar-refractivity contribution is 8.02. The average molecular weight is 361 g/mol. The van der Waals surface area contributed by atoms with Crippen LogP contribution in [0.2, 0.25) is 0 Å². The summed E-state index contributed by atoms with van der Waals surface area (Å²) in [6, 6.07) is 19.4. The molecule has 5 nitrogen and oxygen atoms in total. The van der Waals surface area contributed by atoms with E-state index < -0.39 is 0 Å². The Morgan fingerprint density at radius 1 is 0.923 bits per heavy atom. The second-order valence-corrected chi connectivity index (χ2v) is 7.37. The number of nitrogens with one attached hydrogen (secondary N) is 2. The zero-order chi connectivity index (χ0) is 17.3. The fraction of sp³-hybridized carbons (Fsp3) is 0.200. The summed E-state index contributed by atoms with van der Waals surface area (Å²) in [5.74, 6) is 0.969. The van der Waals surface area contributed by atoms with E-state index in [1.54, 1.807) is 11.8 Å². The maximum Gasteiger partial charge on any atom is 0.214 e. The van der Waals surface area contributed by atoms with E-state index in [9.17, 15) is 0 Å². The molecule has 26 heavy (non-hydrogen) atoms. The third-order valence-corrected chi connectivity index (χ3v) is 5.68. The van der Waals surface area contributed by atoms with E-state index in [-0.39, 0.29) is 6.04 Å². The third-order valence-electron chi connectivity index (χ3n) is 4.85. The van der Waals surface area contributed by atoms with E-state index in [0.29, 0.717) is 0 Å². The summed E-state index contributed by atoms with van der Waals surface area (Å²) in [7, 11) is 0. The van der Waals surface area contributed by atoms with E-state index in [2.05, 4.69) is 74.9 Å². The van der Waals surface area contributed by atoms with Crippen molar-refractivity contribution in [3.05, 3.63) is 71.4 Å². The molecule has 2 aliphatic heterocycles. The maximum absolute atomic E-state index is 4.40. The van der Waals surface area contributed by atoms with Crippen LogP contribution in [0.5, 0.6) is 0 Å². The summed E-state index contributed by atoms with van der Waals surface area (Å²) in [5.41, 5.74) is 8.17. The Bertz CT molecular complexity index is 940. The van der Waals surface area contributed by atoms with Gasteiger partial charge in [-0.3, -0.25) is 5.43 Å². The largest absolute Gasteiger partial charge is 0.307 e. The van der Waals surface area contributed by atoms with Crippen LogP contribution in [0.4, 0.5) is 0 Å². The first-order chi connectivity index (χ1) is 12.9. The van der Waals surface area contributed by atoms with E-state index in [1.807, 2.05) is 10.7 Å². The zero-order valence-electron chi connectivity index (χ0n) is 14.2.